The number of hydrogen-bond acceptors (Lipinski definition) is 1. The average Bonchev–Trinajstić information content (AvgIpc) is 2.53. The molecular formula is C20H21N2+. The molecule has 0 unspecified atom stereocenters. The first-order chi connectivity index (χ1) is 10.6. The van der Waals surface area contributed by atoms with Crippen LogP contribution in [0.2, 0.25) is 0 Å². The van der Waals surface area contributed by atoms with Crippen molar-refractivity contribution in [3.8, 4) is 0 Å². The van der Waals surface area contributed by atoms with Gasteiger partial charge in [0.15, 0.2) is 6.20 Å². The lowest BCUT2D eigenvalue weighted by Crippen LogP contribution is -2.30. The number of hydrogen-bond donors (Lipinski definition) is 0. The van der Waals surface area contributed by atoms with Crippen LogP contribution >= 0.6 is 0 Å². The number of aromatic nitrogens is 1. The molecule has 0 spiro atoms. The lowest BCUT2D eigenvalue weighted by Gasteiger charge is -2.13. The second kappa shape index (κ2) is 6.02. The lowest BCUT2D eigenvalue weighted by atomic mass is 10.1. The third-order valence-electron chi connectivity index (χ3n) is 3.91. The molecule has 1 heterocycles. The summed E-state index contributed by atoms with van der Waals surface area (Å²) in [4.78, 5) is 2.13. The minimum Gasteiger partial charge on any atom is -0.378 e. The SMILES string of the molecule is CN(C)c1ccc2cc(/C=C/c3cccc[n+]3C)ccc2c1. The van der Waals surface area contributed by atoms with Crippen molar-refractivity contribution in [3.05, 3.63) is 72.1 Å². The summed E-state index contributed by atoms with van der Waals surface area (Å²) in [6.07, 6.45) is 6.37. The van der Waals surface area contributed by atoms with E-state index in [1.54, 1.807) is 0 Å². The molecule has 1 aromatic heterocycles. The van der Waals surface area contributed by atoms with Crippen molar-refractivity contribution < 1.29 is 4.57 Å². The number of pyridine rings is 1. The zero-order chi connectivity index (χ0) is 15.5. The first-order valence-corrected chi connectivity index (χ1v) is 7.47. The minimum atomic E-state index is 1.19. The molecule has 3 aromatic rings. The Morgan fingerprint density at radius 2 is 1.64 bits per heavy atom. The summed E-state index contributed by atoms with van der Waals surface area (Å²) in [6.45, 7) is 0. The molecule has 0 amide bonds. The maximum absolute atomic E-state index is 2.23. The predicted molar refractivity (Wildman–Crippen MR) is 94.8 cm³/mol. The van der Waals surface area contributed by atoms with Crippen molar-refractivity contribution >= 4 is 28.6 Å². The van der Waals surface area contributed by atoms with Crippen LogP contribution in [0.5, 0.6) is 0 Å². The Morgan fingerprint density at radius 3 is 2.41 bits per heavy atom. The average molecular weight is 289 g/mol. The summed E-state index contributed by atoms with van der Waals surface area (Å²) in [5.74, 6) is 0. The van der Waals surface area contributed by atoms with Gasteiger partial charge in [0, 0.05) is 38.0 Å². The summed E-state index contributed by atoms with van der Waals surface area (Å²) >= 11 is 0. The standard InChI is InChI=1S/C20H21N2/c1-21(2)20-12-10-17-14-16(7-9-18(17)15-20)8-11-19-6-4-5-13-22(19)3/h4-15H,1-3H3/q+1. The fourth-order valence-electron chi connectivity index (χ4n) is 2.52. The zero-order valence-corrected chi connectivity index (χ0v) is 13.3. The molecule has 0 aliphatic rings. The Balaban J connectivity index is 1.92. The Morgan fingerprint density at radius 1 is 0.864 bits per heavy atom. The molecule has 2 nitrogen and oxygen atoms in total. The highest BCUT2D eigenvalue weighted by Gasteiger charge is 2.01. The van der Waals surface area contributed by atoms with Gasteiger partial charge in [0.25, 0.3) is 0 Å². The van der Waals surface area contributed by atoms with E-state index in [2.05, 4.69) is 97.5 Å². The number of anilines is 1. The highest BCUT2D eigenvalue weighted by atomic mass is 15.1. The van der Waals surface area contributed by atoms with Gasteiger partial charge in [-0.1, -0.05) is 18.2 Å². The van der Waals surface area contributed by atoms with Crippen molar-refractivity contribution in [2.45, 2.75) is 0 Å². The molecule has 0 fully saturated rings. The van der Waals surface area contributed by atoms with Crippen molar-refractivity contribution in [1.29, 1.82) is 0 Å². The van der Waals surface area contributed by atoms with Gasteiger partial charge in [0.2, 0.25) is 5.69 Å². The Bertz CT molecular complexity index is 832. The van der Waals surface area contributed by atoms with Gasteiger partial charge < -0.3 is 4.90 Å². The third kappa shape index (κ3) is 3.01. The van der Waals surface area contributed by atoms with Crippen LogP contribution in [-0.4, -0.2) is 14.1 Å². The molecule has 0 aliphatic carbocycles. The maximum atomic E-state index is 2.23. The van der Waals surface area contributed by atoms with Gasteiger partial charge in [-0.25, -0.2) is 4.57 Å². The molecule has 0 saturated heterocycles. The molecule has 2 aromatic carbocycles. The topological polar surface area (TPSA) is 7.12 Å². The summed E-state index contributed by atoms with van der Waals surface area (Å²) < 4.78 is 2.11. The number of aryl methyl sites for hydroxylation is 1. The van der Waals surface area contributed by atoms with Gasteiger partial charge in [-0.15, -0.1) is 0 Å². The molecule has 0 bridgehead atoms. The van der Waals surface area contributed by atoms with E-state index in [9.17, 15) is 0 Å². The van der Waals surface area contributed by atoms with Crippen LogP contribution in [0.3, 0.4) is 0 Å². The fraction of sp³-hybridized carbons (Fsp3) is 0.150. The van der Waals surface area contributed by atoms with E-state index >= 15 is 0 Å². The predicted octanol–water partition coefficient (Wildman–Crippen LogP) is 3.90. The van der Waals surface area contributed by atoms with Crippen molar-refractivity contribution in [3.63, 3.8) is 0 Å². The summed E-state index contributed by atoms with van der Waals surface area (Å²) in [6, 6.07) is 19.4. The number of benzene rings is 2. The van der Waals surface area contributed by atoms with E-state index in [1.807, 2.05) is 6.07 Å². The second-order valence-corrected chi connectivity index (χ2v) is 5.76. The monoisotopic (exact) mass is 289 g/mol. The normalized spacial score (nSPS) is 11.2. The van der Waals surface area contributed by atoms with Crippen LogP contribution in [0.25, 0.3) is 22.9 Å². The smallest absolute Gasteiger partial charge is 0.204 e. The quantitative estimate of drug-likeness (QED) is 0.663. The van der Waals surface area contributed by atoms with E-state index in [0.29, 0.717) is 0 Å². The highest BCUT2D eigenvalue weighted by Crippen LogP contribution is 2.22. The molecule has 0 aliphatic heterocycles. The Hall–Kier alpha value is -2.61. The second-order valence-electron chi connectivity index (χ2n) is 5.76. The van der Waals surface area contributed by atoms with E-state index < -0.39 is 0 Å². The van der Waals surface area contributed by atoms with Crippen LogP contribution in [0.15, 0.2) is 60.8 Å². The van der Waals surface area contributed by atoms with Crippen molar-refractivity contribution in [2.75, 3.05) is 19.0 Å². The highest BCUT2D eigenvalue weighted by molar-refractivity contribution is 5.88. The molecule has 110 valence electrons. The number of nitrogens with zero attached hydrogens (tertiary/aromatic N) is 2. The summed E-state index contributed by atoms with van der Waals surface area (Å²) in [5, 5.41) is 2.54. The van der Waals surface area contributed by atoms with Gasteiger partial charge in [0.1, 0.15) is 7.05 Å². The van der Waals surface area contributed by atoms with Gasteiger partial charge >= 0.3 is 0 Å². The first kappa shape index (κ1) is 14.3. The van der Waals surface area contributed by atoms with Gasteiger partial charge in [-0.05, 0) is 46.7 Å². The zero-order valence-electron chi connectivity index (χ0n) is 13.3. The fourth-order valence-corrected chi connectivity index (χ4v) is 2.52. The van der Waals surface area contributed by atoms with Crippen LogP contribution in [0.4, 0.5) is 5.69 Å². The number of rotatable bonds is 3. The first-order valence-electron chi connectivity index (χ1n) is 7.47. The molecule has 2 heteroatoms. The molecule has 0 atom stereocenters. The van der Waals surface area contributed by atoms with E-state index in [1.165, 1.54) is 27.7 Å². The van der Waals surface area contributed by atoms with Crippen LogP contribution < -0.4 is 9.47 Å². The summed E-state index contributed by atoms with van der Waals surface area (Å²) in [5.41, 5.74) is 3.63. The third-order valence-corrected chi connectivity index (χ3v) is 3.91. The van der Waals surface area contributed by atoms with Crippen LogP contribution in [0.1, 0.15) is 11.3 Å². The van der Waals surface area contributed by atoms with Gasteiger partial charge in [-0.2, -0.15) is 0 Å². The molecule has 0 saturated carbocycles. The van der Waals surface area contributed by atoms with Crippen molar-refractivity contribution in [2.24, 2.45) is 7.05 Å². The largest absolute Gasteiger partial charge is 0.378 e. The molecule has 22 heavy (non-hydrogen) atoms. The minimum absolute atomic E-state index is 1.19. The van der Waals surface area contributed by atoms with E-state index in [4.69, 9.17) is 0 Å². The molecule has 0 radical (unpaired) electrons. The Kier molecular flexibility index (Phi) is 3.92. The van der Waals surface area contributed by atoms with Crippen LogP contribution in [0, 0.1) is 0 Å². The summed E-state index contributed by atoms with van der Waals surface area (Å²) in [7, 11) is 6.19. The Labute approximate surface area is 131 Å². The molecular weight excluding hydrogens is 268 g/mol. The van der Waals surface area contributed by atoms with Crippen molar-refractivity contribution in [1.82, 2.24) is 0 Å². The lowest BCUT2D eigenvalue weighted by molar-refractivity contribution is -0.673. The van der Waals surface area contributed by atoms with Gasteiger partial charge in [-0.3, -0.25) is 0 Å². The van der Waals surface area contributed by atoms with E-state index in [0.717, 1.165) is 0 Å². The number of fused-ring (bicyclic) bond motifs is 1. The van der Waals surface area contributed by atoms with Gasteiger partial charge in [0.05, 0.1) is 0 Å². The molecule has 0 N–H and O–H groups in total. The van der Waals surface area contributed by atoms with Crippen LogP contribution in [-0.2, 0) is 7.05 Å². The maximum Gasteiger partial charge on any atom is 0.204 e. The molecule has 3 rings (SSSR count). The van der Waals surface area contributed by atoms with E-state index in [-0.39, 0.29) is 0 Å².